The molecule has 0 aromatic rings. The van der Waals surface area contributed by atoms with Gasteiger partial charge >= 0.3 is 0 Å². The van der Waals surface area contributed by atoms with E-state index in [1.807, 2.05) is 11.6 Å². The molecule has 0 fully saturated rings. The standard InChI is InChI=1S/C5H12N.ClH/c1-4-5-6(2)3;/h2,4-5H2,1,3H3;1H/q+1;/p-1. The van der Waals surface area contributed by atoms with E-state index in [1.165, 1.54) is 6.42 Å². The minimum atomic E-state index is 0. The Morgan fingerprint density at radius 3 is 2.00 bits per heavy atom. The van der Waals surface area contributed by atoms with Crippen LogP contribution in [0.2, 0.25) is 0 Å². The molecular formula is C5H12ClN. The summed E-state index contributed by atoms with van der Waals surface area (Å²) in [5.74, 6) is 0. The summed E-state index contributed by atoms with van der Waals surface area (Å²) in [6.07, 6.45) is 1.19. The molecule has 0 N–H and O–H groups in total. The molecule has 0 rings (SSSR count). The highest BCUT2D eigenvalue weighted by molar-refractivity contribution is 5.13. The molecule has 0 amide bonds. The van der Waals surface area contributed by atoms with E-state index < -0.39 is 0 Å². The van der Waals surface area contributed by atoms with E-state index in [9.17, 15) is 0 Å². The average molecular weight is 122 g/mol. The summed E-state index contributed by atoms with van der Waals surface area (Å²) < 4.78 is 1.93. The molecular weight excluding hydrogens is 110 g/mol. The first-order valence-electron chi connectivity index (χ1n) is 2.29. The highest BCUT2D eigenvalue weighted by Crippen LogP contribution is 1.70. The van der Waals surface area contributed by atoms with Gasteiger partial charge in [-0.05, 0) is 0 Å². The summed E-state index contributed by atoms with van der Waals surface area (Å²) in [5, 5.41) is 0. The van der Waals surface area contributed by atoms with Crippen LogP contribution in [0.5, 0.6) is 0 Å². The van der Waals surface area contributed by atoms with Gasteiger partial charge in [0.2, 0.25) is 0 Å². The average Bonchev–Trinajstić information content (AvgIpc) is 1.35. The zero-order chi connectivity index (χ0) is 4.99. The predicted octanol–water partition coefficient (Wildman–Crippen LogP) is -2.26. The lowest BCUT2D eigenvalue weighted by atomic mass is 10.5. The third-order valence-electron chi connectivity index (χ3n) is 0.605. The maximum atomic E-state index is 3.66. The number of halogens is 1. The van der Waals surface area contributed by atoms with Crippen LogP contribution in [-0.4, -0.2) is 24.9 Å². The normalized spacial score (nSPS) is 7.14. The molecule has 0 saturated carbocycles. The fraction of sp³-hybridized carbons (Fsp3) is 0.800. The molecule has 0 atom stereocenters. The lowest BCUT2D eigenvalue weighted by molar-refractivity contribution is -0.488. The van der Waals surface area contributed by atoms with Gasteiger partial charge in [0.1, 0.15) is 20.3 Å². The van der Waals surface area contributed by atoms with Gasteiger partial charge < -0.3 is 12.4 Å². The van der Waals surface area contributed by atoms with Gasteiger partial charge in [0.25, 0.3) is 0 Å². The van der Waals surface area contributed by atoms with Gasteiger partial charge in [0.05, 0.1) is 0 Å². The highest BCUT2D eigenvalue weighted by Gasteiger charge is 1.81. The minimum Gasteiger partial charge on any atom is -1.00 e. The lowest BCUT2D eigenvalue weighted by Crippen LogP contribution is -3.00. The van der Waals surface area contributed by atoms with Crippen molar-refractivity contribution in [3.63, 3.8) is 0 Å². The van der Waals surface area contributed by atoms with Crippen LogP contribution in [-0.2, 0) is 0 Å². The summed E-state index contributed by atoms with van der Waals surface area (Å²) in [4.78, 5) is 0. The Morgan fingerprint density at radius 1 is 1.57 bits per heavy atom. The van der Waals surface area contributed by atoms with Gasteiger partial charge in [0.15, 0.2) is 0 Å². The molecule has 0 radical (unpaired) electrons. The second-order valence-corrected chi connectivity index (χ2v) is 1.58. The van der Waals surface area contributed by atoms with E-state index in [4.69, 9.17) is 0 Å². The van der Waals surface area contributed by atoms with E-state index in [2.05, 4.69) is 13.6 Å². The number of nitrogens with zero attached hydrogens (tertiary/aromatic N) is 1. The second-order valence-electron chi connectivity index (χ2n) is 1.58. The molecule has 0 spiro atoms. The number of hydrogen-bond acceptors (Lipinski definition) is 0. The fourth-order valence-electron chi connectivity index (χ4n) is 0.382. The van der Waals surface area contributed by atoms with Crippen LogP contribution < -0.4 is 12.4 Å². The third kappa shape index (κ3) is 10.7. The Bertz CT molecular complexity index is 52.0. The van der Waals surface area contributed by atoms with Crippen molar-refractivity contribution in [2.75, 3.05) is 13.6 Å². The summed E-state index contributed by atoms with van der Waals surface area (Å²) in [6.45, 7) is 6.90. The van der Waals surface area contributed by atoms with E-state index in [0.29, 0.717) is 0 Å². The number of rotatable bonds is 2. The molecule has 0 aliphatic rings. The Hall–Kier alpha value is -0.0400. The van der Waals surface area contributed by atoms with Gasteiger partial charge in [-0.1, -0.05) is 6.92 Å². The van der Waals surface area contributed by atoms with Crippen LogP contribution in [0.25, 0.3) is 0 Å². The zero-order valence-corrected chi connectivity index (χ0v) is 5.70. The van der Waals surface area contributed by atoms with Crippen molar-refractivity contribution in [3.8, 4) is 0 Å². The maximum Gasteiger partial charge on any atom is 0.141 e. The fourth-order valence-corrected chi connectivity index (χ4v) is 0.382. The van der Waals surface area contributed by atoms with Crippen LogP contribution in [0.3, 0.4) is 0 Å². The Balaban J connectivity index is 0. The quantitative estimate of drug-likeness (QED) is 0.287. The van der Waals surface area contributed by atoms with Crippen molar-refractivity contribution in [1.82, 2.24) is 0 Å². The molecule has 1 nitrogen and oxygen atoms in total. The van der Waals surface area contributed by atoms with Crippen molar-refractivity contribution in [3.05, 3.63) is 0 Å². The van der Waals surface area contributed by atoms with Crippen molar-refractivity contribution in [2.45, 2.75) is 13.3 Å². The topological polar surface area (TPSA) is 3.01 Å². The molecule has 7 heavy (non-hydrogen) atoms. The van der Waals surface area contributed by atoms with Gasteiger partial charge in [-0.3, -0.25) is 0 Å². The smallest absolute Gasteiger partial charge is 0.141 e. The van der Waals surface area contributed by atoms with E-state index in [-0.39, 0.29) is 12.4 Å². The van der Waals surface area contributed by atoms with Crippen molar-refractivity contribution >= 4 is 6.72 Å². The maximum absolute atomic E-state index is 3.66. The lowest BCUT2D eigenvalue weighted by Gasteiger charge is -1.84. The minimum absolute atomic E-state index is 0. The largest absolute Gasteiger partial charge is 1.00 e. The Kier molecular flexibility index (Phi) is 8.56. The molecule has 0 saturated heterocycles. The summed E-state index contributed by atoms with van der Waals surface area (Å²) >= 11 is 0. The van der Waals surface area contributed by atoms with E-state index >= 15 is 0 Å². The summed E-state index contributed by atoms with van der Waals surface area (Å²) in [5.41, 5.74) is 0. The number of hydrogen-bond donors (Lipinski definition) is 0. The van der Waals surface area contributed by atoms with Crippen LogP contribution in [0, 0.1) is 0 Å². The SMILES string of the molecule is C=[N+](C)CCC.[Cl-]. The first-order valence-corrected chi connectivity index (χ1v) is 2.29. The molecule has 0 aromatic heterocycles. The molecule has 44 valence electrons. The highest BCUT2D eigenvalue weighted by atomic mass is 35.5. The third-order valence-corrected chi connectivity index (χ3v) is 0.605. The van der Waals surface area contributed by atoms with Crippen molar-refractivity contribution < 1.29 is 17.0 Å². The molecule has 0 bridgehead atoms. The molecule has 0 unspecified atom stereocenters. The van der Waals surface area contributed by atoms with E-state index in [1.54, 1.807) is 0 Å². The zero-order valence-electron chi connectivity index (χ0n) is 4.95. The van der Waals surface area contributed by atoms with Gasteiger partial charge in [-0.25, -0.2) is 4.58 Å². The molecule has 2 heteroatoms. The predicted molar refractivity (Wildman–Crippen MR) is 28.5 cm³/mol. The van der Waals surface area contributed by atoms with Crippen LogP contribution in [0.15, 0.2) is 0 Å². The van der Waals surface area contributed by atoms with Gasteiger partial charge in [-0.15, -0.1) is 0 Å². The summed E-state index contributed by atoms with van der Waals surface area (Å²) in [7, 11) is 1.98. The van der Waals surface area contributed by atoms with Crippen LogP contribution in [0.4, 0.5) is 0 Å². The monoisotopic (exact) mass is 121 g/mol. The second kappa shape index (κ2) is 5.96. The Morgan fingerprint density at radius 2 is 2.00 bits per heavy atom. The molecule has 0 heterocycles. The summed E-state index contributed by atoms with van der Waals surface area (Å²) in [6, 6.07) is 0. The van der Waals surface area contributed by atoms with Gasteiger partial charge in [-0.2, -0.15) is 0 Å². The van der Waals surface area contributed by atoms with Crippen molar-refractivity contribution in [2.24, 2.45) is 0 Å². The first kappa shape index (κ1) is 10.0. The van der Waals surface area contributed by atoms with Gasteiger partial charge in [0, 0.05) is 6.42 Å². The Labute approximate surface area is 51.5 Å². The van der Waals surface area contributed by atoms with Crippen LogP contribution >= 0.6 is 0 Å². The molecule has 0 aliphatic carbocycles. The first-order chi connectivity index (χ1) is 2.77. The molecule has 0 aliphatic heterocycles. The molecule has 0 aromatic carbocycles. The van der Waals surface area contributed by atoms with E-state index in [0.717, 1.165) is 6.54 Å². The van der Waals surface area contributed by atoms with Crippen molar-refractivity contribution in [1.29, 1.82) is 0 Å². The van der Waals surface area contributed by atoms with Crippen LogP contribution in [0.1, 0.15) is 13.3 Å².